The van der Waals surface area contributed by atoms with Crippen LogP contribution in [-0.4, -0.2) is 24.4 Å². The van der Waals surface area contributed by atoms with Gasteiger partial charge in [0.1, 0.15) is 11.5 Å². The van der Waals surface area contributed by atoms with Gasteiger partial charge in [0.05, 0.1) is 19.8 Å². The van der Waals surface area contributed by atoms with Crippen LogP contribution in [0.1, 0.15) is 19.7 Å². The molecule has 1 aromatic carbocycles. The van der Waals surface area contributed by atoms with Crippen LogP contribution >= 0.6 is 0 Å². The van der Waals surface area contributed by atoms with Crippen molar-refractivity contribution in [1.29, 1.82) is 0 Å². The third-order valence-electron chi connectivity index (χ3n) is 2.85. The fraction of sp³-hybridized carbons (Fsp3) is 0.286. The number of methoxy groups -OCH3 is 2. The SMILES string of the molecule is CC=C(C)c1nc(-c2ccc(OC)cc2OC)no1. The summed E-state index contributed by atoms with van der Waals surface area (Å²) in [6, 6.07) is 5.46. The number of hydrogen-bond donors (Lipinski definition) is 0. The Hall–Kier alpha value is -2.30. The first-order valence-electron chi connectivity index (χ1n) is 5.89. The summed E-state index contributed by atoms with van der Waals surface area (Å²) in [6.45, 7) is 3.84. The Kier molecular flexibility index (Phi) is 3.85. The van der Waals surface area contributed by atoms with Crippen LogP contribution in [0.3, 0.4) is 0 Å². The predicted octanol–water partition coefficient (Wildman–Crippen LogP) is 3.18. The van der Waals surface area contributed by atoms with Crippen LogP contribution in [0.4, 0.5) is 0 Å². The van der Waals surface area contributed by atoms with E-state index in [1.807, 2.05) is 32.1 Å². The van der Waals surface area contributed by atoms with Crippen molar-refractivity contribution in [2.45, 2.75) is 13.8 Å². The van der Waals surface area contributed by atoms with E-state index in [1.54, 1.807) is 20.3 Å². The van der Waals surface area contributed by atoms with Crippen LogP contribution in [-0.2, 0) is 0 Å². The molecule has 19 heavy (non-hydrogen) atoms. The Bertz CT molecular complexity index is 602. The number of nitrogens with zero attached hydrogens (tertiary/aromatic N) is 2. The molecule has 0 amide bonds. The maximum atomic E-state index is 5.32. The summed E-state index contributed by atoms with van der Waals surface area (Å²) in [5.41, 5.74) is 1.70. The lowest BCUT2D eigenvalue weighted by Gasteiger charge is -2.07. The summed E-state index contributed by atoms with van der Waals surface area (Å²) in [7, 11) is 3.20. The fourth-order valence-electron chi connectivity index (χ4n) is 1.60. The van der Waals surface area contributed by atoms with Crippen molar-refractivity contribution >= 4 is 5.57 Å². The van der Waals surface area contributed by atoms with Crippen LogP contribution < -0.4 is 9.47 Å². The van der Waals surface area contributed by atoms with Crippen molar-refractivity contribution in [3.8, 4) is 22.9 Å². The molecule has 0 fully saturated rings. The lowest BCUT2D eigenvalue weighted by Crippen LogP contribution is -1.91. The van der Waals surface area contributed by atoms with Gasteiger partial charge in [0.15, 0.2) is 0 Å². The van der Waals surface area contributed by atoms with Crippen LogP contribution in [0, 0.1) is 0 Å². The van der Waals surface area contributed by atoms with E-state index in [0.717, 1.165) is 11.1 Å². The third-order valence-corrected chi connectivity index (χ3v) is 2.85. The van der Waals surface area contributed by atoms with E-state index in [4.69, 9.17) is 14.0 Å². The monoisotopic (exact) mass is 260 g/mol. The smallest absolute Gasteiger partial charge is 0.253 e. The molecule has 100 valence electrons. The van der Waals surface area contributed by atoms with Crippen LogP contribution in [0.5, 0.6) is 11.5 Å². The Balaban J connectivity index is 2.44. The molecule has 2 rings (SSSR count). The minimum Gasteiger partial charge on any atom is -0.497 e. The first-order chi connectivity index (χ1) is 9.19. The number of aromatic nitrogens is 2. The van der Waals surface area contributed by atoms with Gasteiger partial charge in [0.25, 0.3) is 5.89 Å². The minimum absolute atomic E-state index is 0.496. The highest BCUT2D eigenvalue weighted by molar-refractivity contribution is 5.67. The molecule has 0 unspecified atom stereocenters. The number of allylic oxidation sites excluding steroid dienone is 2. The molecule has 1 aromatic heterocycles. The van der Waals surface area contributed by atoms with Crippen LogP contribution in [0.2, 0.25) is 0 Å². The molecular weight excluding hydrogens is 244 g/mol. The van der Waals surface area contributed by atoms with Gasteiger partial charge in [-0.25, -0.2) is 0 Å². The highest BCUT2D eigenvalue weighted by atomic mass is 16.5. The second kappa shape index (κ2) is 5.56. The fourth-order valence-corrected chi connectivity index (χ4v) is 1.60. The molecule has 0 aliphatic carbocycles. The van der Waals surface area contributed by atoms with E-state index in [0.29, 0.717) is 23.2 Å². The normalized spacial score (nSPS) is 11.5. The molecule has 5 heteroatoms. The number of ether oxygens (including phenoxy) is 2. The molecule has 0 aliphatic rings. The van der Waals surface area contributed by atoms with Gasteiger partial charge in [-0.3, -0.25) is 0 Å². The summed E-state index contributed by atoms with van der Waals surface area (Å²) in [5.74, 6) is 2.37. The van der Waals surface area contributed by atoms with E-state index in [9.17, 15) is 0 Å². The van der Waals surface area contributed by atoms with E-state index < -0.39 is 0 Å². The highest BCUT2D eigenvalue weighted by Crippen LogP contribution is 2.32. The summed E-state index contributed by atoms with van der Waals surface area (Å²) < 4.78 is 15.7. The zero-order valence-corrected chi connectivity index (χ0v) is 11.4. The molecule has 0 radical (unpaired) electrons. The molecule has 0 N–H and O–H groups in total. The van der Waals surface area contributed by atoms with Crippen molar-refractivity contribution < 1.29 is 14.0 Å². The van der Waals surface area contributed by atoms with E-state index in [2.05, 4.69) is 10.1 Å². The van der Waals surface area contributed by atoms with Gasteiger partial charge in [-0.2, -0.15) is 4.98 Å². The number of rotatable bonds is 4. The molecule has 0 saturated heterocycles. The Morgan fingerprint density at radius 2 is 2.05 bits per heavy atom. The summed E-state index contributed by atoms with van der Waals surface area (Å²) >= 11 is 0. The molecule has 0 saturated carbocycles. The van der Waals surface area contributed by atoms with Crippen molar-refractivity contribution in [2.24, 2.45) is 0 Å². The maximum absolute atomic E-state index is 5.32. The van der Waals surface area contributed by atoms with Crippen LogP contribution in [0.25, 0.3) is 17.0 Å². The lowest BCUT2D eigenvalue weighted by atomic mass is 10.2. The standard InChI is InChI=1S/C14H16N2O3/c1-5-9(2)14-15-13(16-19-14)11-7-6-10(17-3)8-12(11)18-4/h5-8H,1-4H3. The molecular formula is C14H16N2O3. The molecule has 5 nitrogen and oxygen atoms in total. The van der Waals surface area contributed by atoms with Gasteiger partial charge < -0.3 is 14.0 Å². The summed E-state index contributed by atoms with van der Waals surface area (Å²) in [6.07, 6.45) is 1.92. The van der Waals surface area contributed by atoms with Crippen molar-refractivity contribution in [1.82, 2.24) is 10.1 Å². The molecule has 0 bridgehead atoms. The third kappa shape index (κ3) is 2.59. The first-order valence-corrected chi connectivity index (χ1v) is 5.89. The largest absolute Gasteiger partial charge is 0.497 e. The predicted molar refractivity (Wildman–Crippen MR) is 72.2 cm³/mol. The minimum atomic E-state index is 0.496. The maximum Gasteiger partial charge on any atom is 0.253 e. The highest BCUT2D eigenvalue weighted by Gasteiger charge is 2.14. The average molecular weight is 260 g/mol. The summed E-state index contributed by atoms with van der Waals surface area (Å²) in [5, 5.41) is 3.97. The van der Waals surface area contributed by atoms with E-state index >= 15 is 0 Å². The van der Waals surface area contributed by atoms with Crippen molar-refractivity contribution in [3.63, 3.8) is 0 Å². The molecule has 0 atom stereocenters. The van der Waals surface area contributed by atoms with E-state index in [-0.39, 0.29) is 0 Å². The molecule has 0 spiro atoms. The number of hydrogen-bond acceptors (Lipinski definition) is 5. The van der Waals surface area contributed by atoms with Gasteiger partial charge in [0, 0.05) is 11.6 Å². The Morgan fingerprint density at radius 1 is 1.26 bits per heavy atom. The average Bonchev–Trinajstić information content (AvgIpc) is 2.95. The molecule has 0 aliphatic heterocycles. The van der Waals surface area contributed by atoms with Gasteiger partial charge >= 0.3 is 0 Å². The second-order valence-corrected chi connectivity index (χ2v) is 3.96. The van der Waals surface area contributed by atoms with Gasteiger partial charge in [-0.15, -0.1) is 0 Å². The lowest BCUT2D eigenvalue weighted by molar-refractivity contribution is 0.393. The topological polar surface area (TPSA) is 57.4 Å². The Labute approximate surface area is 111 Å². The van der Waals surface area contributed by atoms with Crippen molar-refractivity contribution in [2.75, 3.05) is 14.2 Å². The number of benzene rings is 1. The Morgan fingerprint density at radius 3 is 2.68 bits per heavy atom. The van der Waals surface area contributed by atoms with Crippen molar-refractivity contribution in [3.05, 3.63) is 30.2 Å². The first kappa shape index (κ1) is 13.1. The van der Waals surface area contributed by atoms with E-state index in [1.165, 1.54) is 0 Å². The quantitative estimate of drug-likeness (QED) is 0.845. The van der Waals surface area contributed by atoms with Gasteiger partial charge in [-0.05, 0) is 26.0 Å². The van der Waals surface area contributed by atoms with Gasteiger partial charge in [0.2, 0.25) is 5.82 Å². The zero-order chi connectivity index (χ0) is 13.8. The second-order valence-electron chi connectivity index (χ2n) is 3.96. The molecule has 2 aromatic rings. The summed E-state index contributed by atoms with van der Waals surface area (Å²) in [4.78, 5) is 4.35. The zero-order valence-electron chi connectivity index (χ0n) is 11.4. The van der Waals surface area contributed by atoms with Gasteiger partial charge in [-0.1, -0.05) is 11.2 Å². The van der Waals surface area contributed by atoms with Crippen LogP contribution in [0.15, 0.2) is 28.8 Å². The molecule has 1 heterocycles.